The van der Waals surface area contributed by atoms with Gasteiger partial charge in [0.2, 0.25) is 11.8 Å². The fourth-order valence-electron chi connectivity index (χ4n) is 5.46. The summed E-state index contributed by atoms with van der Waals surface area (Å²) in [6, 6.07) is 11.5. The Morgan fingerprint density at radius 3 is 2.59 bits per heavy atom. The van der Waals surface area contributed by atoms with Crippen molar-refractivity contribution in [3.63, 3.8) is 0 Å². The Morgan fingerprint density at radius 2 is 1.95 bits per heavy atom. The number of fused-ring (bicyclic) bond motifs is 1. The summed E-state index contributed by atoms with van der Waals surface area (Å²) in [6.45, 7) is 6.28. The first-order valence-electron chi connectivity index (χ1n) is 13.0. The van der Waals surface area contributed by atoms with Crippen LogP contribution >= 0.6 is 22.9 Å². The van der Waals surface area contributed by atoms with Gasteiger partial charge in [-0.05, 0) is 36.1 Å². The maximum Gasteiger partial charge on any atom is 0.255 e. The Morgan fingerprint density at radius 1 is 1.21 bits per heavy atom. The normalized spacial score (nSPS) is 19.5. The predicted octanol–water partition coefficient (Wildman–Crippen LogP) is 4.03. The van der Waals surface area contributed by atoms with E-state index in [4.69, 9.17) is 11.6 Å². The number of aromatic nitrogens is 1. The quantitative estimate of drug-likeness (QED) is 0.449. The molecule has 3 aromatic rings. The van der Waals surface area contributed by atoms with E-state index >= 15 is 0 Å². The second kappa shape index (κ2) is 11.1. The topological polar surface area (TPSA) is 103 Å². The number of thiazole rings is 1. The Bertz CT molecular complexity index is 1410. The number of likely N-dealkylation sites (tertiary alicyclic amines) is 1. The monoisotopic (exact) mass is 566 g/mol. The van der Waals surface area contributed by atoms with E-state index in [-0.39, 0.29) is 43.1 Å². The summed E-state index contributed by atoms with van der Waals surface area (Å²) < 4.78 is 0. The summed E-state index contributed by atoms with van der Waals surface area (Å²) >= 11 is 7.92. The average molecular weight is 567 g/mol. The van der Waals surface area contributed by atoms with Crippen LogP contribution in [0.3, 0.4) is 0 Å². The van der Waals surface area contributed by atoms with E-state index in [1.807, 2.05) is 50.5 Å². The van der Waals surface area contributed by atoms with Crippen molar-refractivity contribution >= 4 is 40.7 Å². The molecule has 3 amide bonds. The fourth-order valence-corrected chi connectivity index (χ4v) is 6.50. The van der Waals surface area contributed by atoms with Crippen LogP contribution in [0.1, 0.15) is 47.4 Å². The Kier molecular flexibility index (Phi) is 7.75. The lowest BCUT2D eigenvalue weighted by molar-refractivity contribution is -0.143. The van der Waals surface area contributed by atoms with Gasteiger partial charge in [0.1, 0.15) is 12.1 Å². The third-order valence-corrected chi connectivity index (χ3v) is 8.78. The molecule has 10 heteroatoms. The molecule has 2 aliphatic rings. The van der Waals surface area contributed by atoms with Crippen LogP contribution in [0.4, 0.5) is 0 Å². The van der Waals surface area contributed by atoms with Crippen molar-refractivity contribution in [2.24, 2.45) is 5.92 Å². The first-order valence-corrected chi connectivity index (χ1v) is 14.3. The number of hydrogen-bond acceptors (Lipinski definition) is 6. The molecule has 2 aliphatic heterocycles. The Balaban J connectivity index is 1.28. The van der Waals surface area contributed by atoms with E-state index in [9.17, 15) is 19.5 Å². The molecule has 3 atom stereocenters. The molecule has 1 unspecified atom stereocenters. The molecule has 204 valence electrons. The SMILES string of the molecule is Cc1ncsc1-c1ccc(CNC(=O)[C@@H]2C[C@@H](O)CN2C(=O)C(C(C)C)N2Cc3c(Cl)cccc3C2=O)cc1. The lowest BCUT2D eigenvalue weighted by atomic mass is 10.0. The number of halogens is 1. The summed E-state index contributed by atoms with van der Waals surface area (Å²) in [5.74, 6) is -1.14. The van der Waals surface area contributed by atoms with Gasteiger partial charge in [-0.2, -0.15) is 0 Å². The maximum atomic E-state index is 13.9. The number of hydrogen-bond donors (Lipinski definition) is 2. The standard InChI is InChI=1S/C29H31ClN4O4S/c1-16(2)25(34-14-22-21(28(34)37)5-4-6-23(22)30)29(38)33-13-20(35)11-24(33)27(36)31-12-18-7-9-19(10-8-18)26-17(3)32-15-39-26/h4-10,15-16,20,24-25,35H,11-14H2,1-3H3,(H,31,36)/t20-,24+,25?/m1/s1. The maximum absolute atomic E-state index is 13.9. The van der Waals surface area contributed by atoms with E-state index in [1.54, 1.807) is 29.5 Å². The molecule has 0 saturated carbocycles. The Hall–Kier alpha value is -3.27. The van der Waals surface area contributed by atoms with Crippen molar-refractivity contribution in [1.29, 1.82) is 0 Å². The van der Waals surface area contributed by atoms with E-state index < -0.39 is 18.2 Å². The van der Waals surface area contributed by atoms with E-state index in [0.717, 1.165) is 21.7 Å². The molecule has 0 spiro atoms. The number of carbonyl (C=O) groups excluding carboxylic acids is 3. The number of nitrogens with zero attached hydrogens (tertiary/aromatic N) is 3. The average Bonchev–Trinajstić information content (AvgIpc) is 3.61. The molecule has 1 saturated heterocycles. The minimum absolute atomic E-state index is 0.0404. The number of carbonyl (C=O) groups is 3. The smallest absolute Gasteiger partial charge is 0.255 e. The van der Waals surface area contributed by atoms with Gasteiger partial charge >= 0.3 is 0 Å². The molecule has 0 bridgehead atoms. The zero-order valence-electron chi connectivity index (χ0n) is 22.1. The third-order valence-electron chi connectivity index (χ3n) is 7.45. The lowest BCUT2D eigenvalue weighted by Gasteiger charge is -2.35. The molecule has 3 heterocycles. The van der Waals surface area contributed by atoms with Gasteiger partial charge in [-0.1, -0.05) is 55.8 Å². The molecule has 2 aromatic carbocycles. The van der Waals surface area contributed by atoms with Crippen LogP contribution in [0.2, 0.25) is 5.02 Å². The van der Waals surface area contributed by atoms with Crippen LogP contribution in [-0.2, 0) is 22.7 Å². The highest BCUT2D eigenvalue weighted by molar-refractivity contribution is 7.13. The van der Waals surface area contributed by atoms with Crippen molar-refractivity contribution in [3.8, 4) is 10.4 Å². The van der Waals surface area contributed by atoms with Crippen molar-refractivity contribution in [2.45, 2.75) is 58.5 Å². The van der Waals surface area contributed by atoms with Gasteiger partial charge in [-0.3, -0.25) is 14.4 Å². The van der Waals surface area contributed by atoms with Gasteiger partial charge in [0, 0.05) is 42.2 Å². The molecular weight excluding hydrogens is 536 g/mol. The molecule has 0 aliphatic carbocycles. The second-order valence-corrected chi connectivity index (χ2v) is 11.7. The van der Waals surface area contributed by atoms with Crippen LogP contribution in [0.15, 0.2) is 48.0 Å². The van der Waals surface area contributed by atoms with Crippen molar-refractivity contribution < 1.29 is 19.5 Å². The number of amides is 3. The van der Waals surface area contributed by atoms with Gasteiger partial charge in [0.25, 0.3) is 5.91 Å². The zero-order chi connectivity index (χ0) is 27.8. The third kappa shape index (κ3) is 5.31. The number of benzene rings is 2. The number of β-amino-alcohol motifs (C(OH)–C–C–N with tert-alkyl or cyclic N) is 1. The lowest BCUT2D eigenvalue weighted by Crippen LogP contribution is -2.55. The minimum atomic E-state index is -0.823. The van der Waals surface area contributed by atoms with Crippen LogP contribution < -0.4 is 5.32 Å². The summed E-state index contributed by atoms with van der Waals surface area (Å²) in [4.78, 5) is 48.7. The van der Waals surface area contributed by atoms with Crippen molar-refractivity contribution in [1.82, 2.24) is 20.1 Å². The van der Waals surface area contributed by atoms with Gasteiger partial charge in [-0.15, -0.1) is 11.3 Å². The number of aliphatic hydroxyl groups excluding tert-OH is 1. The summed E-state index contributed by atoms with van der Waals surface area (Å²) in [6.07, 6.45) is -0.674. The number of aliphatic hydroxyl groups is 1. The largest absolute Gasteiger partial charge is 0.391 e. The summed E-state index contributed by atoms with van der Waals surface area (Å²) in [7, 11) is 0. The molecule has 0 radical (unpaired) electrons. The molecule has 2 N–H and O–H groups in total. The predicted molar refractivity (Wildman–Crippen MR) is 150 cm³/mol. The van der Waals surface area contributed by atoms with Gasteiger partial charge in [-0.25, -0.2) is 4.98 Å². The van der Waals surface area contributed by atoms with E-state index in [0.29, 0.717) is 22.7 Å². The molecule has 5 rings (SSSR count). The van der Waals surface area contributed by atoms with E-state index in [1.165, 1.54) is 9.80 Å². The summed E-state index contributed by atoms with van der Waals surface area (Å²) in [5.41, 5.74) is 5.98. The number of nitrogens with one attached hydrogen (secondary N) is 1. The minimum Gasteiger partial charge on any atom is -0.391 e. The fraction of sp³-hybridized carbons (Fsp3) is 0.379. The van der Waals surface area contributed by atoms with Gasteiger partial charge < -0.3 is 20.2 Å². The first-order chi connectivity index (χ1) is 18.7. The highest BCUT2D eigenvalue weighted by Gasteiger charge is 2.46. The first kappa shape index (κ1) is 27.3. The Labute approximate surface area is 236 Å². The second-order valence-electron chi connectivity index (χ2n) is 10.5. The van der Waals surface area contributed by atoms with Gasteiger partial charge in [0.05, 0.1) is 22.2 Å². The van der Waals surface area contributed by atoms with Crippen LogP contribution in [-0.4, -0.2) is 62.3 Å². The number of aryl methyl sites for hydroxylation is 1. The zero-order valence-corrected chi connectivity index (χ0v) is 23.6. The van der Waals surface area contributed by atoms with Crippen LogP contribution in [0.5, 0.6) is 0 Å². The van der Waals surface area contributed by atoms with Crippen molar-refractivity contribution in [2.75, 3.05) is 6.54 Å². The highest BCUT2D eigenvalue weighted by atomic mass is 35.5. The van der Waals surface area contributed by atoms with Crippen molar-refractivity contribution in [3.05, 3.63) is 75.4 Å². The molecule has 39 heavy (non-hydrogen) atoms. The molecule has 1 aromatic heterocycles. The molecular formula is C29H31ClN4O4S. The number of rotatable bonds is 7. The highest BCUT2D eigenvalue weighted by Crippen LogP contribution is 2.33. The van der Waals surface area contributed by atoms with E-state index in [2.05, 4.69) is 10.3 Å². The van der Waals surface area contributed by atoms with Gasteiger partial charge in [0.15, 0.2) is 0 Å². The van der Waals surface area contributed by atoms with Crippen LogP contribution in [0.25, 0.3) is 10.4 Å². The molecule has 8 nitrogen and oxygen atoms in total. The van der Waals surface area contributed by atoms with Crippen LogP contribution in [0, 0.1) is 12.8 Å². The molecule has 1 fully saturated rings. The summed E-state index contributed by atoms with van der Waals surface area (Å²) in [5, 5.41) is 13.9.